The summed E-state index contributed by atoms with van der Waals surface area (Å²) in [6, 6.07) is 6.62. The maximum absolute atomic E-state index is 12.4. The third kappa shape index (κ3) is 3.00. The Labute approximate surface area is 109 Å². The maximum Gasteiger partial charge on any atom is 0.187 e. The zero-order valence-electron chi connectivity index (χ0n) is 11.0. The van der Waals surface area contributed by atoms with Crippen LogP contribution in [0.4, 0.5) is 0 Å². The third-order valence-corrected chi connectivity index (χ3v) is 5.08. The molecule has 0 saturated heterocycles. The number of rotatable bonds is 5. The summed E-state index contributed by atoms with van der Waals surface area (Å²) >= 11 is 0. The number of sulfone groups is 1. The van der Waals surface area contributed by atoms with Gasteiger partial charge >= 0.3 is 0 Å². The number of aliphatic hydroxyl groups is 1. The van der Waals surface area contributed by atoms with Crippen LogP contribution in [0.5, 0.6) is 0 Å². The van der Waals surface area contributed by atoms with Crippen LogP contribution in [0.25, 0.3) is 0 Å². The Hall–Kier alpha value is -1.13. The molecule has 100 valence electrons. The van der Waals surface area contributed by atoms with Crippen LogP contribution < -0.4 is 0 Å². The normalized spacial score (nSPS) is 15.4. The molecule has 0 radical (unpaired) electrons. The molecule has 0 amide bonds. The predicted molar refractivity (Wildman–Crippen MR) is 73.2 cm³/mol. The van der Waals surface area contributed by atoms with Gasteiger partial charge in [-0.25, -0.2) is 8.42 Å². The average Bonchev–Trinajstić information content (AvgIpc) is 2.29. The fourth-order valence-electron chi connectivity index (χ4n) is 1.71. The summed E-state index contributed by atoms with van der Waals surface area (Å²) in [6.07, 6.45) is 0.355. The fourth-order valence-corrected chi connectivity index (χ4v) is 3.48. The molecule has 0 fully saturated rings. The largest absolute Gasteiger partial charge is 0.391 e. The van der Waals surface area contributed by atoms with Gasteiger partial charge in [-0.3, -0.25) is 0 Å². The van der Waals surface area contributed by atoms with E-state index >= 15 is 0 Å². The second-order valence-corrected chi connectivity index (χ2v) is 6.90. The molecule has 1 N–H and O–H groups in total. The highest BCUT2D eigenvalue weighted by Crippen LogP contribution is 2.23. The molecule has 0 heterocycles. The van der Waals surface area contributed by atoms with Crippen molar-refractivity contribution >= 4 is 9.84 Å². The van der Waals surface area contributed by atoms with Crippen molar-refractivity contribution in [3.63, 3.8) is 0 Å². The minimum absolute atomic E-state index is 0.145. The average molecular weight is 268 g/mol. The Morgan fingerprint density at radius 3 is 2.11 bits per heavy atom. The van der Waals surface area contributed by atoms with Crippen LogP contribution in [0.1, 0.15) is 19.4 Å². The molecule has 0 aliphatic rings. The summed E-state index contributed by atoms with van der Waals surface area (Å²) in [5.74, 6) is -0.145. The zero-order chi connectivity index (χ0) is 13.9. The molecule has 2 unspecified atom stereocenters. The van der Waals surface area contributed by atoms with E-state index < -0.39 is 21.2 Å². The molecule has 1 rings (SSSR count). The number of aryl methyl sites for hydroxylation is 1. The molecule has 0 aromatic heterocycles. The third-order valence-electron chi connectivity index (χ3n) is 2.96. The van der Waals surface area contributed by atoms with E-state index in [9.17, 15) is 13.5 Å². The molecule has 2 atom stereocenters. The van der Waals surface area contributed by atoms with Crippen LogP contribution in [0, 0.1) is 12.8 Å². The predicted octanol–water partition coefficient (Wildman–Crippen LogP) is 2.34. The Kier molecular flexibility index (Phi) is 4.71. The topological polar surface area (TPSA) is 54.4 Å². The number of hydrogen-bond donors (Lipinski definition) is 1. The summed E-state index contributed by atoms with van der Waals surface area (Å²) < 4.78 is 24.8. The van der Waals surface area contributed by atoms with E-state index in [1.54, 1.807) is 38.1 Å². The van der Waals surface area contributed by atoms with E-state index in [1.165, 1.54) is 6.08 Å². The molecule has 0 spiro atoms. The van der Waals surface area contributed by atoms with E-state index in [0.29, 0.717) is 0 Å². The van der Waals surface area contributed by atoms with Crippen LogP contribution >= 0.6 is 0 Å². The molecule has 3 nitrogen and oxygen atoms in total. The Bertz CT molecular complexity index is 500. The summed E-state index contributed by atoms with van der Waals surface area (Å²) in [6.45, 7) is 8.99. The van der Waals surface area contributed by atoms with Crippen molar-refractivity contribution in [2.45, 2.75) is 37.0 Å². The lowest BCUT2D eigenvalue weighted by molar-refractivity contribution is 0.131. The first kappa shape index (κ1) is 14.9. The van der Waals surface area contributed by atoms with Gasteiger partial charge in [-0.05, 0) is 25.0 Å². The SMILES string of the molecule is C=CC(C(O)C(C)C)S(=O)(=O)c1ccc(C)cc1. The molecule has 18 heavy (non-hydrogen) atoms. The maximum atomic E-state index is 12.4. The summed E-state index contributed by atoms with van der Waals surface area (Å²) in [5, 5.41) is 9.02. The minimum Gasteiger partial charge on any atom is -0.391 e. The van der Waals surface area contributed by atoms with Crippen molar-refractivity contribution in [1.29, 1.82) is 0 Å². The highest BCUT2D eigenvalue weighted by Gasteiger charge is 2.32. The summed E-state index contributed by atoms with van der Waals surface area (Å²) in [7, 11) is -3.58. The highest BCUT2D eigenvalue weighted by molar-refractivity contribution is 7.92. The van der Waals surface area contributed by atoms with Crippen molar-refractivity contribution < 1.29 is 13.5 Å². The van der Waals surface area contributed by atoms with Crippen LogP contribution in [0.3, 0.4) is 0 Å². The molecule has 4 heteroatoms. The summed E-state index contributed by atoms with van der Waals surface area (Å²) in [4.78, 5) is 0.220. The van der Waals surface area contributed by atoms with Gasteiger partial charge in [0.05, 0.1) is 11.0 Å². The molecule has 1 aromatic carbocycles. The van der Waals surface area contributed by atoms with Gasteiger partial charge in [0.25, 0.3) is 0 Å². The monoisotopic (exact) mass is 268 g/mol. The Morgan fingerprint density at radius 1 is 1.22 bits per heavy atom. The van der Waals surface area contributed by atoms with Gasteiger partial charge in [0.1, 0.15) is 5.25 Å². The van der Waals surface area contributed by atoms with Crippen LogP contribution in [0.2, 0.25) is 0 Å². The van der Waals surface area contributed by atoms with Gasteiger partial charge in [-0.1, -0.05) is 37.6 Å². The fraction of sp³-hybridized carbons (Fsp3) is 0.429. The standard InChI is InChI=1S/C14H20O3S/c1-5-13(14(15)10(2)3)18(16,17)12-8-6-11(4)7-9-12/h5-10,13-15H,1H2,2-4H3. The number of hydrogen-bond acceptors (Lipinski definition) is 3. The molecule has 0 saturated carbocycles. The van der Waals surface area contributed by atoms with E-state index in [1.807, 2.05) is 6.92 Å². The number of aliphatic hydroxyl groups excluding tert-OH is 1. The first-order valence-corrected chi connectivity index (χ1v) is 7.46. The van der Waals surface area contributed by atoms with Crippen molar-refractivity contribution in [3.05, 3.63) is 42.5 Å². The summed E-state index contributed by atoms with van der Waals surface area (Å²) in [5.41, 5.74) is 0.994. The van der Waals surface area contributed by atoms with Gasteiger partial charge in [0, 0.05) is 0 Å². The van der Waals surface area contributed by atoms with Gasteiger partial charge < -0.3 is 5.11 Å². The van der Waals surface area contributed by atoms with E-state index in [2.05, 4.69) is 6.58 Å². The molecular formula is C14H20O3S. The van der Waals surface area contributed by atoms with Gasteiger partial charge in [-0.15, -0.1) is 6.58 Å². The quantitative estimate of drug-likeness (QED) is 0.834. The molecule has 1 aromatic rings. The lowest BCUT2D eigenvalue weighted by Gasteiger charge is -2.23. The van der Waals surface area contributed by atoms with Crippen LogP contribution in [-0.4, -0.2) is 24.9 Å². The Morgan fingerprint density at radius 2 is 1.72 bits per heavy atom. The molecule has 0 aliphatic heterocycles. The smallest absolute Gasteiger partial charge is 0.187 e. The molecule has 0 aliphatic carbocycles. The zero-order valence-corrected chi connectivity index (χ0v) is 11.8. The molecular weight excluding hydrogens is 248 g/mol. The first-order valence-electron chi connectivity index (χ1n) is 5.92. The Balaban J connectivity index is 3.19. The second-order valence-electron chi connectivity index (χ2n) is 4.79. The van der Waals surface area contributed by atoms with Crippen molar-refractivity contribution in [2.75, 3.05) is 0 Å². The van der Waals surface area contributed by atoms with Crippen molar-refractivity contribution in [1.82, 2.24) is 0 Å². The van der Waals surface area contributed by atoms with Gasteiger partial charge in [0.15, 0.2) is 9.84 Å². The highest BCUT2D eigenvalue weighted by atomic mass is 32.2. The minimum atomic E-state index is -3.58. The van der Waals surface area contributed by atoms with Gasteiger partial charge in [-0.2, -0.15) is 0 Å². The van der Waals surface area contributed by atoms with Gasteiger partial charge in [0.2, 0.25) is 0 Å². The lowest BCUT2D eigenvalue weighted by Crippen LogP contribution is -2.36. The van der Waals surface area contributed by atoms with Crippen LogP contribution in [0.15, 0.2) is 41.8 Å². The van der Waals surface area contributed by atoms with Crippen molar-refractivity contribution in [3.8, 4) is 0 Å². The number of benzene rings is 1. The lowest BCUT2D eigenvalue weighted by atomic mass is 10.0. The second kappa shape index (κ2) is 5.67. The first-order chi connectivity index (χ1) is 8.30. The van der Waals surface area contributed by atoms with Crippen molar-refractivity contribution in [2.24, 2.45) is 5.92 Å². The molecule has 0 bridgehead atoms. The van der Waals surface area contributed by atoms with E-state index in [4.69, 9.17) is 0 Å². The van der Waals surface area contributed by atoms with Crippen LogP contribution in [-0.2, 0) is 9.84 Å². The van der Waals surface area contributed by atoms with E-state index in [0.717, 1.165) is 5.56 Å². The van der Waals surface area contributed by atoms with E-state index in [-0.39, 0.29) is 10.8 Å².